The number of nitrogens with one attached hydrogen (secondary N) is 1. The summed E-state index contributed by atoms with van der Waals surface area (Å²) >= 11 is 0. The predicted octanol–water partition coefficient (Wildman–Crippen LogP) is 4.02. The third-order valence-electron chi connectivity index (χ3n) is 6.23. The molecule has 2 saturated heterocycles. The molecule has 2 amide bonds. The van der Waals surface area contributed by atoms with Crippen molar-refractivity contribution in [2.24, 2.45) is 0 Å². The number of carbonyl (C=O) groups is 2. The van der Waals surface area contributed by atoms with Crippen molar-refractivity contribution in [1.82, 2.24) is 10.2 Å². The van der Waals surface area contributed by atoms with E-state index in [4.69, 9.17) is 0 Å². The molecule has 30 heavy (non-hydrogen) atoms. The van der Waals surface area contributed by atoms with Crippen LogP contribution in [0.15, 0.2) is 48.5 Å². The Labute approximate surface area is 179 Å². The molecule has 158 valence electrons. The molecule has 0 bridgehead atoms. The van der Waals surface area contributed by atoms with Crippen LogP contribution in [0.4, 0.5) is 5.69 Å². The standard InChI is InChI=1S/C25H31N3O2/c1-19-8-7-9-20(18-19)24(29)26-21-12-16-27(17-13-21)23-11-4-3-10-22(23)25(30)28-14-5-2-6-15-28/h3-4,7-11,18,21H,2,5-6,12-17H2,1H3,(H,26,29). The Hall–Kier alpha value is -2.82. The first kappa shape index (κ1) is 20.5. The van der Waals surface area contributed by atoms with Crippen molar-refractivity contribution in [3.63, 3.8) is 0 Å². The summed E-state index contributed by atoms with van der Waals surface area (Å²) in [4.78, 5) is 30.0. The summed E-state index contributed by atoms with van der Waals surface area (Å²) < 4.78 is 0. The van der Waals surface area contributed by atoms with Crippen LogP contribution in [-0.2, 0) is 0 Å². The molecule has 2 aliphatic heterocycles. The van der Waals surface area contributed by atoms with Gasteiger partial charge in [-0.15, -0.1) is 0 Å². The van der Waals surface area contributed by atoms with Crippen LogP contribution in [-0.4, -0.2) is 48.9 Å². The molecule has 4 rings (SSSR count). The van der Waals surface area contributed by atoms with E-state index in [0.29, 0.717) is 0 Å². The van der Waals surface area contributed by atoms with Gasteiger partial charge in [0.25, 0.3) is 11.8 Å². The van der Waals surface area contributed by atoms with Crippen molar-refractivity contribution in [3.8, 4) is 0 Å². The Balaban J connectivity index is 1.38. The summed E-state index contributed by atoms with van der Waals surface area (Å²) in [5.41, 5.74) is 3.64. The molecule has 2 aromatic rings. The third-order valence-corrected chi connectivity index (χ3v) is 6.23. The number of nitrogens with zero attached hydrogens (tertiary/aromatic N) is 2. The number of rotatable bonds is 4. The van der Waals surface area contributed by atoms with Crippen molar-refractivity contribution in [2.45, 2.75) is 45.1 Å². The number of amides is 2. The van der Waals surface area contributed by atoms with Gasteiger partial charge < -0.3 is 15.1 Å². The highest BCUT2D eigenvalue weighted by molar-refractivity contribution is 6.00. The van der Waals surface area contributed by atoms with Crippen molar-refractivity contribution in [1.29, 1.82) is 0 Å². The van der Waals surface area contributed by atoms with Gasteiger partial charge in [-0.25, -0.2) is 0 Å². The highest BCUT2D eigenvalue weighted by Crippen LogP contribution is 2.26. The minimum atomic E-state index is -0.00201. The van der Waals surface area contributed by atoms with E-state index in [1.165, 1.54) is 6.42 Å². The molecular formula is C25H31N3O2. The van der Waals surface area contributed by atoms with Crippen LogP contribution in [0.25, 0.3) is 0 Å². The highest BCUT2D eigenvalue weighted by atomic mass is 16.2. The Morgan fingerprint density at radius 1 is 0.900 bits per heavy atom. The maximum atomic E-state index is 13.1. The monoisotopic (exact) mass is 405 g/mol. The molecule has 2 aromatic carbocycles. The van der Waals surface area contributed by atoms with Crippen LogP contribution >= 0.6 is 0 Å². The van der Waals surface area contributed by atoms with E-state index in [9.17, 15) is 9.59 Å². The van der Waals surface area contributed by atoms with Crippen molar-refractivity contribution in [3.05, 3.63) is 65.2 Å². The van der Waals surface area contributed by atoms with Crippen LogP contribution in [0.5, 0.6) is 0 Å². The van der Waals surface area contributed by atoms with Crippen LogP contribution in [0, 0.1) is 6.92 Å². The summed E-state index contributed by atoms with van der Waals surface area (Å²) in [6.45, 7) is 5.39. The summed E-state index contributed by atoms with van der Waals surface area (Å²) in [7, 11) is 0. The van der Waals surface area contributed by atoms with Crippen LogP contribution < -0.4 is 10.2 Å². The Bertz CT molecular complexity index is 897. The SMILES string of the molecule is Cc1cccc(C(=O)NC2CCN(c3ccccc3C(=O)N3CCCCC3)CC2)c1. The molecule has 0 saturated carbocycles. The lowest BCUT2D eigenvalue weighted by molar-refractivity contribution is 0.0724. The van der Waals surface area contributed by atoms with E-state index in [2.05, 4.69) is 16.3 Å². The second-order valence-electron chi connectivity index (χ2n) is 8.47. The molecule has 0 aromatic heterocycles. The number of likely N-dealkylation sites (tertiary alicyclic amines) is 1. The van der Waals surface area contributed by atoms with Crippen LogP contribution in [0.1, 0.15) is 58.4 Å². The van der Waals surface area contributed by atoms with Crippen LogP contribution in [0.2, 0.25) is 0 Å². The fourth-order valence-corrected chi connectivity index (χ4v) is 4.52. The average Bonchev–Trinajstić information content (AvgIpc) is 2.80. The van der Waals surface area contributed by atoms with Crippen LogP contribution in [0.3, 0.4) is 0 Å². The number of piperidine rings is 2. The molecule has 1 N–H and O–H groups in total. The van der Waals surface area contributed by atoms with Gasteiger partial charge in [-0.1, -0.05) is 29.8 Å². The van der Waals surface area contributed by atoms with Crippen molar-refractivity contribution >= 4 is 17.5 Å². The summed E-state index contributed by atoms with van der Waals surface area (Å²) in [5, 5.41) is 3.18. The van der Waals surface area contributed by atoms with E-state index in [0.717, 1.165) is 74.2 Å². The van der Waals surface area contributed by atoms with Gasteiger partial charge in [-0.2, -0.15) is 0 Å². The van der Waals surface area contributed by atoms with Crippen molar-refractivity contribution < 1.29 is 9.59 Å². The van der Waals surface area contributed by atoms with Gasteiger partial charge in [0.2, 0.25) is 0 Å². The van der Waals surface area contributed by atoms with Gasteiger partial charge in [0, 0.05) is 43.5 Å². The molecule has 0 aliphatic carbocycles. The molecule has 0 unspecified atom stereocenters. The number of benzene rings is 2. The number of anilines is 1. The number of hydrogen-bond donors (Lipinski definition) is 1. The molecule has 2 heterocycles. The maximum Gasteiger partial charge on any atom is 0.255 e. The van der Waals surface area contributed by atoms with Gasteiger partial charge in [-0.3, -0.25) is 9.59 Å². The predicted molar refractivity (Wildman–Crippen MR) is 120 cm³/mol. The molecule has 2 fully saturated rings. The third kappa shape index (κ3) is 4.66. The zero-order valence-electron chi connectivity index (χ0n) is 17.8. The zero-order valence-corrected chi connectivity index (χ0v) is 17.8. The van der Waals surface area contributed by atoms with E-state index >= 15 is 0 Å². The molecule has 0 atom stereocenters. The van der Waals surface area contributed by atoms with E-state index < -0.39 is 0 Å². The normalized spacial score (nSPS) is 17.6. The fraction of sp³-hybridized carbons (Fsp3) is 0.440. The maximum absolute atomic E-state index is 13.1. The zero-order chi connectivity index (χ0) is 20.9. The quantitative estimate of drug-likeness (QED) is 0.836. The lowest BCUT2D eigenvalue weighted by Crippen LogP contribution is -2.45. The van der Waals surface area contributed by atoms with Gasteiger partial charge in [0.1, 0.15) is 0 Å². The number of carbonyl (C=O) groups excluding carboxylic acids is 2. The fourth-order valence-electron chi connectivity index (χ4n) is 4.52. The molecule has 2 aliphatic rings. The lowest BCUT2D eigenvalue weighted by atomic mass is 10.0. The van der Waals surface area contributed by atoms with Gasteiger partial charge >= 0.3 is 0 Å². The van der Waals surface area contributed by atoms with Gasteiger partial charge in [0.05, 0.1) is 5.56 Å². The summed E-state index contributed by atoms with van der Waals surface area (Å²) in [6.07, 6.45) is 5.17. The largest absolute Gasteiger partial charge is 0.371 e. The summed E-state index contributed by atoms with van der Waals surface area (Å²) in [5.74, 6) is 0.151. The van der Waals surface area contributed by atoms with Gasteiger partial charge in [-0.05, 0) is 63.3 Å². The average molecular weight is 406 g/mol. The molecular weight excluding hydrogens is 374 g/mol. The molecule has 5 nitrogen and oxygen atoms in total. The Morgan fingerprint density at radius 3 is 2.37 bits per heavy atom. The van der Waals surface area contributed by atoms with E-state index in [1.807, 2.05) is 54.3 Å². The number of aryl methyl sites for hydroxylation is 1. The van der Waals surface area contributed by atoms with E-state index in [1.54, 1.807) is 0 Å². The Morgan fingerprint density at radius 2 is 1.63 bits per heavy atom. The molecule has 0 radical (unpaired) electrons. The smallest absolute Gasteiger partial charge is 0.255 e. The molecule has 5 heteroatoms. The first-order valence-electron chi connectivity index (χ1n) is 11.1. The van der Waals surface area contributed by atoms with Crippen molar-refractivity contribution in [2.75, 3.05) is 31.1 Å². The highest BCUT2D eigenvalue weighted by Gasteiger charge is 2.26. The Kier molecular flexibility index (Phi) is 6.36. The number of para-hydroxylation sites is 1. The minimum absolute atomic E-state index is 0.00201. The second kappa shape index (κ2) is 9.33. The second-order valence-corrected chi connectivity index (χ2v) is 8.47. The molecule has 0 spiro atoms. The first-order chi connectivity index (χ1) is 14.6. The van der Waals surface area contributed by atoms with Gasteiger partial charge in [0.15, 0.2) is 0 Å². The topological polar surface area (TPSA) is 52.7 Å². The summed E-state index contributed by atoms with van der Waals surface area (Å²) in [6, 6.07) is 15.8. The first-order valence-corrected chi connectivity index (χ1v) is 11.1. The van der Waals surface area contributed by atoms with E-state index in [-0.39, 0.29) is 17.9 Å². The lowest BCUT2D eigenvalue weighted by Gasteiger charge is -2.36. The number of hydrogen-bond acceptors (Lipinski definition) is 3. The minimum Gasteiger partial charge on any atom is -0.371 e.